The van der Waals surface area contributed by atoms with Gasteiger partial charge in [0.05, 0.1) is 18.8 Å². The zero-order valence-electron chi connectivity index (χ0n) is 41.1. The lowest BCUT2D eigenvalue weighted by Crippen LogP contribution is -2.61. The van der Waals surface area contributed by atoms with Gasteiger partial charge in [0, 0.05) is 19.9 Å². The Kier molecular flexibility index (Phi) is 39.8. The van der Waals surface area contributed by atoms with E-state index < -0.39 is 49.0 Å². The Morgan fingerprint density at radius 1 is 0.524 bits per heavy atom. The van der Waals surface area contributed by atoms with Gasteiger partial charge in [-0.05, 0) is 12.8 Å². The molecule has 1 aliphatic heterocycles. The van der Waals surface area contributed by atoms with Gasteiger partial charge in [0.15, 0.2) is 6.29 Å². The molecule has 0 spiro atoms. The van der Waals surface area contributed by atoms with Crippen LogP contribution in [0.4, 0.5) is 0 Å². The summed E-state index contributed by atoms with van der Waals surface area (Å²) >= 11 is 0. The van der Waals surface area contributed by atoms with Crippen LogP contribution in [0, 0.1) is 0 Å². The second-order valence-corrected chi connectivity index (χ2v) is 19.2. The molecule has 7 N–H and O–H groups in total. The number of amides is 2. The van der Waals surface area contributed by atoms with Crippen molar-refractivity contribution in [3.8, 4) is 0 Å². The van der Waals surface area contributed by atoms with E-state index in [1.165, 1.54) is 180 Å². The van der Waals surface area contributed by atoms with Gasteiger partial charge in [-0.1, -0.05) is 232 Å². The summed E-state index contributed by atoms with van der Waals surface area (Å²) in [5, 5.41) is 59.2. The van der Waals surface area contributed by atoms with Crippen molar-refractivity contribution in [2.24, 2.45) is 0 Å². The molecule has 0 aromatic heterocycles. The molecule has 0 aromatic rings. The van der Waals surface area contributed by atoms with Crippen molar-refractivity contribution >= 4 is 11.8 Å². The minimum Gasteiger partial charge on any atom is -0.390 e. The topological polar surface area (TPSA) is 178 Å². The minimum atomic E-state index is -1.61. The number of hydrogen-bond acceptors (Lipinski definition) is 9. The smallest absolute Gasteiger partial charge is 0.220 e. The predicted molar refractivity (Wildman–Crippen MR) is 257 cm³/mol. The average molecular weight is 899 g/mol. The van der Waals surface area contributed by atoms with Crippen LogP contribution in [0.5, 0.6) is 0 Å². The van der Waals surface area contributed by atoms with E-state index in [0.717, 1.165) is 51.4 Å². The van der Waals surface area contributed by atoms with E-state index in [-0.39, 0.29) is 31.4 Å². The summed E-state index contributed by atoms with van der Waals surface area (Å²) in [6.45, 7) is 5.42. The highest BCUT2D eigenvalue weighted by Gasteiger charge is 2.45. The second-order valence-electron chi connectivity index (χ2n) is 19.2. The van der Waals surface area contributed by atoms with Gasteiger partial charge in [0.1, 0.15) is 30.5 Å². The van der Waals surface area contributed by atoms with E-state index in [1.54, 1.807) is 0 Å². The largest absolute Gasteiger partial charge is 0.390 e. The lowest BCUT2D eigenvalue weighted by molar-refractivity contribution is -0.297. The first-order valence-corrected chi connectivity index (χ1v) is 26.8. The lowest BCUT2D eigenvalue weighted by atomic mass is 9.98. The summed E-state index contributed by atoms with van der Waals surface area (Å²) < 4.78 is 11.5. The van der Waals surface area contributed by atoms with Gasteiger partial charge in [0.2, 0.25) is 11.8 Å². The molecule has 63 heavy (non-hydrogen) atoms. The number of nitrogens with one attached hydrogen (secondary N) is 2. The van der Waals surface area contributed by atoms with E-state index in [4.69, 9.17) is 9.47 Å². The quantitative estimate of drug-likeness (QED) is 0.0293. The van der Waals surface area contributed by atoms with E-state index in [0.29, 0.717) is 6.42 Å². The number of ether oxygens (including phenoxy) is 2. The van der Waals surface area contributed by atoms with Gasteiger partial charge in [-0.2, -0.15) is 0 Å². The Bertz CT molecular complexity index is 1040. The summed E-state index contributed by atoms with van der Waals surface area (Å²) in [5.41, 5.74) is 0. The molecule has 1 heterocycles. The van der Waals surface area contributed by atoms with Crippen LogP contribution in [0.3, 0.4) is 0 Å². The Morgan fingerprint density at radius 3 is 1.27 bits per heavy atom. The Balaban J connectivity index is 2.35. The van der Waals surface area contributed by atoms with Crippen LogP contribution in [0.1, 0.15) is 258 Å². The SMILES string of the molecule is CCCCCCCCCCCCCCCCCCCCCCCCCC(=O)N[C@@H](COC1OC(CNC(C)=O)C(O)C(O)C1O)[C@H](O)[C@H](O)CCCCCCCCCCCCCC. The van der Waals surface area contributed by atoms with Crippen molar-refractivity contribution in [1.82, 2.24) is 10.6 Å². The van der Waals surface area contributed by atoms with Crippen molar-refractivity contribution in [2.75, 3.05) is 13.2 Å². The number of carbonyl (C=O) groups excluding carboxylic acids is 2. The van der Waals surface area contributed by atoms with Crippen molar-refractivity contribution in [3.05, 3.63) is 0 Å². The molecule has 8 atom stereocenters. The summed E-state index contributed by atoms with van der Waals surface area (Å²) in [4.78, 5) is 24.6. The minimum absolute atomic E-state index is 0.111. The first-order chi connectivity index (χ1) is 30.6. The molecule has 11 heteroatoms. The maximum Gasteiger partial charge on any atom is 0.220 e. The third-order valence-electron chi connectivity index (χ3n) is 13.2. The highest BCUT2D eigenvalue weighted by atomic mass is 16.7. The first-order valence-electron chi connectivity index (χ1n) is 26.8. The predicted octanol–water partition coefficient (Wildman–Crippen LogP) is 10.6. The molecule has 1 rings (SSSR count). The van der Waals surface area contributed by atoms with Crippen molar-refractivity contribution in [1.29, 1.82) is 0 Å². The van der Waals surface area contributed by atoms with Gasteiger partial charge in [-0.3, -0.25) is 9.59 Å². The number of carbonyl (C=O) groups is 2. The van der Waals surface area contributed by atoms with E-state index >= 15 is 0 Å². The average Bonchev–Trinajstić information content (AvgIpc) is 3.27. The Hall–Kier alpha value is -1.34. The Morgan fingerprint density at radius 2 is 0.889 bits per heavy atom. The second kappa shape index (κ2) is 42.0. The molecule has 2 amide bonds. The molecular formula is C52H102N2O9. The van der Waals surface area contributed by atoms with Crippen LogP contribution in [-0.4, -0.2) is 99.5 Å². The number of unbranched alkanes of at least 4 members (excludes halogenated alkanes) is 33. The van der Waals surface area contributed by atoms with E-state index in [9.17, 15) is 35.1 Å². The summed E-state index contributed by atoms with van der Waals surface area (Å²) in [6, 6.07) is -0.997. The molecule has 0 aliphatic carbocycles. The van der Waals surface area contributed by atoms with Crippen molar-refractivity contribution in [3.63, 3.8) is 0 Å². The highest BCUT2D eigenvalue weighted by Crippen LogP contribution is 2.23. The number of rotatable bonds is 45. The number of aliphatic hydroxyl groups excluding tert-OH is 5. The Labute approximate surface area is 386 Å². The third-order valence-corrected chi connectivity index (χ3v) is 13.2. The van der Waals surface area contributed by atoms with Gasteiger partial charge < -0.3 is 45.6 Å². The molecule has 0 saturated carbocycles. The normalized spacial score (nSPS) is 20.4. The summed E-state index contributed by atoms with van der Waals surface area (Å²) in [7, 11) is 0. The molecule has 11 nitrogen and oxygen atoms in total. The molecule has 5 unspecified atom stereocenters. The number of aliphatic hydroxyl groups is 5. The molecule has 0 radical (unpaired) electrons. The van der Waals surface area contributed by atoms with E-state index in [1.807, 2.05) is 0 Å². The van der Waals surface area contributed by atoms with Gasteiger partial charge in [-0.15, -0.1) is 0 Å². The fourth-order valence-corrected chi connectivity index (χ4v) is 8.87. The maximum absolute atomic E-state index is 13.1. The first kappa shape index (κ1) is 59.7. The van der Waals surface area contributed by atoms with Gasteiger partial charge in [-0.25, -0.2) is 0 Å². The fraction of sp³-hybridized carbons (Fsp3) is 0.962. The van der Waals surface area contributed by atoms with Crippen molar-refractivity contribution in [2.45, 2.75) is 307 Å². The van der Waals surface area contributed by atoms with Crippen molar-refractivity contribution < 1.29 is 44.6 Å². The molecule has 1 aliphatic rings. The zero-order valence-corrected chi connectivity index (χ0v) is 41.1. The van der Waals surface area contributed by atoms with Crippen LogP contribution in [0.2, 0.25) is 0 Å². The van der Waals surface area contributed by atoms with Gasteiger partial charge in [0.25, 0.3) is 0 Å². The molecule has 0 aromatic carbocycles. The zero-order chi connectivity index (χ0) is 46.2. The maximum atomic E-state index is 13.1. The van der Waals surface area contributed by atoms with Crippen LogP contribution >= 0.6 is 0 Å². The highest BCUT2D eigenvalue weighted by molar-refractivity contribution is 5.76. The lowest BCUT2D eigenvalue weighted by Gasteiger charge is -2.41. The molecule has 1 fully saturated rings. The van der Waals surface area contributed by atoms with Crippen LogP contribution in [0.25, 0.3) is 0 Å². The summed E-state index contributed by atoms with van der Waals surface area (Å²) in [5.74, 6) is -0.606. The molecule has 1 saturated heterocycles. The third kappa shape index (κ3) is 32.9. The van der Waals surface area contributed by atoms with Gasteiger partial charge >= 0.3 is 0 Å². The molecule has 374 valence electrons. The fourth-order valence-electron chi connectivity index (χ4n) is 8.87. The van der Waals surface area contributed by atoms with Crippen LogP contribution < -0.4 is 10.6 Å². The number of hydrogen-bond donors (Lipinski definition) is 7. The monoisotopic (exact) mass is 899 g/mol. The van der Waals surface area contributed by atoms with Crippen LogP contribution in [-0.2, 0) is 19.1 Å². The van der Waals surface area contributed by atoms with Crippen LogP contribution in [0.15, 0.2) is 0 Å². The molecule has 0 bridgehead atoms. The summed E-state index contributed by atoms with van der Waals surface area (Å²) in [6.07, 6.45) is 35.4. The standard InChI is InChI=1S/C52H102N2O9/c1-4-6-8-10-12-14-16-18-19-20-21-22-23-24-25-26-27-28-30-32-34-36-38-40-47(57)54-44(42-62-52-51(61)50(60)49(59)46(63-52)41-53-43(3)55)48(58)45(56)39-37-35-33-31-29-17-15-13-11-9-7-5-2/h44-46,48-52,56,58-61H,4-42H2,1-3H3,(H,53,55)(H,54,57)/t44-,45+,46?,48-,49?,50?,51?,52?/m0/s1. The van der Waals surface area contributed by atoms with E-state index in [2.05, 4.69) is 24.5 Å². The molecular weight excluding hydrogens is 797 g/mol.